The molecule has 1 aliphatic heterocycles. The Hall–Kier alpha value is -0.370. The summed E-state index contributed by atoms with van der Waals surface area (Å²) in [5.74, 6) is 0. The summed E-state index contributed by atoms with van der Waals surface area (Å²) in [6.07, 6.45) is 5.98. The number of nitrogens with zero attached hydrogens (tertiary/aromatic N) is 2. The molecule has 2 nitrogen and oxygen atoms in total. The number of aliphatic imine (C=N–C) groups is 1. The highest BCUT2D eigenvalue weighted by Gasteiger charge is 2.17. The molecule has 0 N–H and O–H groups in total. The Morgan fingerprint density at radius 1 is 1.55 bits per heavy atom. The molecule has 0 amide bonds. The van der Waals surface area contributed by atoms with Gasteiger partial charge in [0.1, 0.15) is 0 Å². The lowest BCUT2D eigenvalue weighted by Crippen LogP contribution is -2.38. The second-order valence-electron chi connectivity index (χ2n) is 3.25. The lowest BCUT2D eigenvalue weighted by molar-refractivity contribution is 0.191. The van der Waals surface area contributed by atoms with E-state index in [-0.39, 0.29) is 0 Å². The van der Waals surface area contributed by atoms with Crippen LogP contribution in [0.1, 0.15) is 26.2 Å². The summed E-state index contributed by atoms with van der Waals surface area (Å²) in [7, 11) is 2.20. The molecule has 2 heteroatoms. The summed E-state index contributed by atoms with van der Waals surface area (Å²) in [6.45, 7) is 4.24. The van der Waals surface area contributed by atoms with Gasteiger partial charge < -0.3 is 4.90 Å². The number of rotatable bonds is 2. The van der Waals surface area contributed by atoms with Gasteiger partial charge in [0.25, 0.3) is 0 Å². The first-order valence-electron chi connectivity index (χ1n) is 4.49. The predicted molar refractivity (Wildman–Crippen MR) is 49.3 cm³/mol. The van der Waals surface area contributed by atoms with Crippen LogP contribution in [0.15, 0.2) is 4.99 Å². The van der Waals surface area contributed by atoms with Gasteiger partial charge in [0, 0.05) is 6.04 Å². The van der Waals surface area contributed by atoms with Crippen molar-refractivity contribution in [2.24, 2.45) is 4.99 Å². The fourth-order valence-corrected chi connectivity index (χ4v) is 1.60. The van der Waals surface area contributed by atoms with E-state index in [1.54, 1.807) is 0 Å². The maximum Gasteiger partial charge on any atom is 0.0541 e. The summed E-state index contributed by atoms with van der Waals surface area (Å²) in [5, 5.41) is 0. The molecule has 1 heterocycles. The van der Waals surface area contributed by atoms with Gasteiger partial charge in [-0.2, -0.15) is 0 Å². The zero-order chi connectivity index (χ0) is 8.10. The third-order valence-corrected chi connectivity index (χ3v) is 2.42. The van der Waals surface area contributed by atoms with E-state index in [1.807, 2.05) is 13.1 Å². The monoisotopic (exact) mass is 154 g/mol. The van der Waals surface area contributed by atoms with E-state index < -0.39 is 0 Å². The van der Waals surface area contributed by atoms with E-state index in [4.69, 9.17) is 0 Å². The smallest absolute Gasteiger partial charge is 0.0541 e. The van der Waals surface area contributed by atoms with Gasteiger partial charge in [0.15, 0.2) is 0 Å². The second kappa shape index (κ2) is 4.50. The highest BCUT2D eigenvalue weighted by atomic mass is 15.1. The molecule has 0 aliphatic carbocycles. The lowest BCUT2D eigenvalue weighted by atomic mass is 10.0. The number of hydrogen-bond donors (Lipinski definition) is 0. The van der Waals surface area contributed by atoms with Gasteiger partial charge in [-0.3, -0.25) is 4.99 Å². The third kappa shape index (κ3) is 2.62. The highest BCUT2D eigenvalue weighted by molar-refractivity contribution is 5.53. The molecule has 11 heavy (non-hydrogen) atoms. The predicted octanol–water partition coefficient (Wildman–Crippen LogP) is 1.56. The van der Waals surface area contributed by atoms with Crippen molar-refractivity contribution in [1.82, 2.24) is 4.90 Å². The van der Waals surface area contributed by atoms with E-state index in [0.29, 0.717) is 6.04 Å². The SMILES string of the molecule is CC=NCC1CCCCN1C. The maximum absolute atomic E-state index is 4.28. The first-order chi connectivity index (χ1) is 5.34. The van der Waals surface area contributed by atoms with Crippen molar-refractivity contribution in [3.63, 3.8) is 0 Å². The molecule has 0 spiro atoms. The van der Waals surface area contributed by atoms with Crippen molar-refractivity contribution in [2.75, 3.05) is 20.1 Å². The van der Waals surface area contributed by atoms with Crippen LogP contribution >= 0.6 is 0 Å². The van der Waals surface area contributed by atoms with Crippen molar-refractivity contribution in [3.8, 4) is 0 Å². The van der Waals surface area contributed by atoms with Crippen LogP contribution in [0.5, 0.6) is 0 Å². The Bertz CT molecular complexity index is 132. The van der Waals surface area contributed by atoms with Crippen LogP contribution in [0.25, 0.3) is 0 Å². The topological polar surface area (TPSA) is 15.6 Å². The van der Waals surface area contributed by atoms with Crippen LogP contribution in [0.2, 0.25) is 0 Å². The fraction of sp³-hybridized carbons (Fsp3) is 0.889. The van der Waals surface area contributed by atoms with Gasteiger partial charge in [-0.15, -0.1) is 0 Å². The molecule has 0 aromatic rings. The Labute approximate surface area is 69.3 Å². The average Bonchev–Trinajstić information content (AvgIpc) is 2.03. The number of likely N-dealkylation sites (tertiary alicyclic amines) is 1. The first-order valence-corrected chi connectivity index (χ1v) is 4.49. The molecular weight excluding hydrogens is 136 g/mol. The minimum atomic E-state index is 0.708. The number of likely N-dealkylation sites (N-methyl/N-ethyl adjacent to an activating group) is 1. The molecule has 0 radical (unpaired) electrons. The maximum atomic E-state index is 4.28. The molecule has 0 aromatic carbocycles. The molecule has 1 atom stereocenters. The summed E-state index contributed by atoms with van der Waals surface area (Å²) < 4.78 is 0. The molecule has 64 valence electrons. The standard InChI is InChI=1S/C9H18N2/c1-3-10-8-9-6-4-5-7-11(9)2/h3,9H,4-8H2,1-2H3. The van der Waals surface area contributed by atoms with E-state index in [1.165, 1.54) is 25.8 Å². The van der Waals surface area contributed by atoms with Crippen LogP contribution in [-0.4, -0.2) is 37.3 Å². The Morgan fingerprint density at radius 2 is 2.36 bits per heavy atom. The summed E-state index contributed by atoms with van der Waals surface area (Å²) >= 11 is 0. The largest absolute Gasteiger partial charge is 0.302 e. The minimum Gasteiger partial charge on any atom is -0.302 e. The molecule has 0 bridgehead atoms. The molecule has 1 saturated heterocycles. The second-order valence-corrected chi connectivity index (χ2v) is 3.25. The third-order valence-electron chi connectivity index (χ3n) is 2.42. The van der Waals surface area contributed by atoms with Crippen molar-refractivity contribution >= 4 is 6.21 Å². The zero-order valence-corrected chi connectivity index (χ0v) is 7.58. The van der Waals surface area contributed by atoms with Crippen molar-refractivity contribution in [1.29, 1.82) is 0 Å². The lowest BCUT2D eigenvalue weighted by Gasteiger charge is -2.31. The normalized spacial score (nSPS) is 28.0. The Kier molecular flexibility index (Phi) is 3.57. The molecule has 0 saturated carbocycles. The van der Waals surface area contributed by atoms with Crippen molar-refractivity contribution in [2.45, 2.75) is 32.2 Å². The van der Waals surface area contributed by atoms with Crippen molar-refractivity contribution in [3.05, 3.63) is 0 Å². The van der Waals surface area contributed by atoms with Gasteiger partial charge >= 0.3 is 0 Å². The molecule has 1 fully saturated rings. The highest BCUT2D eigenvalue weighted by Crippen LogP contribution is 2.14. The summed E-state index contributed by atoms with van der Waals surface area (Å²) in [6, 6.07) is 0.708. The van der Waals surface area contributed by atoms with E-state index in [2.05, 4.69) is 16.9 Å². The van der Waals surface area contributed by atoms with E-state index in [0.717, 1.165) is 6.54 Å². The molecule has 0 aromatic heterocycles. The van der Waals surface area contributed by atoms with Crippen LogP contribution in [0, 0.1) is 0 Å². The molecule has 1 rings (SSSR count). The van der Waals surface area contributed by atoms with Gasteiger partial charge in [-0.05, 0) is 39.6 Å². The molecule has 1 unspecified atom stereocenters. The fourth-order valence-electron chi connectivity index (χ4n) is 1.60. The van der Waals surface area contributed by atoms with Crippen LogP contribution in [0.3, 0.4) is 0 Å². The van der Waals surface area contributed by atoms with E-state index >= 15 is 0 Å². The summed E-state index contributed by atoms with van der Waals surface area (Å²) in [4.78, 5) is 6.71. The zero-order valence-electron chi connectivity index (χ0n) is 7.58. The van der Waals surface area contributed by atoms with Crippen LogP contribution in [-0.2, 0) is 0 Å². The van der Waals surface area contributed by atoms with Crippen LogP contribution in [0.4, 0.5) is 0 Å². The molecular formula is C9H18N2. The van der Waals surface area contributed by atoms with Crippen LogP contribution < -0.4 is 0 Å². The quantitative estimate of drug-likeness (QED) is 0.551. The van der Waals surface area contributed by atoms with Gasteiger partial charge in [0.2, 0.25) is 0 Å². The van der Waals surface area contributed by atoms with Crippen molar-refractivity contribution < 1.29 is 0 Å². The molecule has 1 aliphatic rings. The minimum absolute atomic E-state index is 0.708. The Balaban J connectivity index is 2.29. The van der Waals surface area contributed by atoms with Gasteiger partial charge in [-0.25, -0.2) is 0 Å². The first kappa shape index (κ1) is 8.72. The van der Waals surface area contributed by atoms with Gasteiger partial charge in [-0.1, -0.05) is 6.42 Å². The summed E-state index contributed by atoms with van der Waals surface area (Å²) in [5.41, 5.74) is 0. The Morgan fingerprint density at radius 3 is 3.00 bits per heavy atom. The number of hydrogen-bond acceptors (Lipinski definition) is 2. The van der Waals surface area contributed by atoms with E-state index in [9.17, 15) is 0 Å². The number of piperidine rings is 1. The average molecular weight is 154 g/mol. The van der Waals surface area contributed by atoms with Gasteiger partial charge in [0.05, 0.1) is 6.54 Å².